The molecule has 0 saturated heterocycles. The summed E-state index contributed by atoms with van der Waals surface area (Å²) < 4.78 is 0. The molecule has 4 heteroatoms. The molecule has 0 heterocycles. The summed E-state index contributed by atoms with van der Waals surface area (Å²) in [7, 11) is 0. The van der Waals surface area contributed by atoms with Gasteiger partial charge in [-0.25, -0.2) is 0 Å². The van der Waals surface area contributed by atoms with Crippen molar-refractivity contribution in [2.75, 3.05) is 0 Å². The molecule has 40 heavy (non-hydrogen) atoms. The smallest absolute Gasteiger partial charge is 0.190 e. The fourth-order valence-corrected chi connectivity index (χ4v) is 8.28. The Hall–Kier alpha value is -4.96. The monoisotopic (exact) mass is 516 g/mol. The number of fused-ring (bicyclic) bond motifs is 12. The summed E-state index contributed by atoms with van der Waals surface area (Å²) in [6.07, 6.45) is 0.532. The van der Waals surface area contributed by atoms with Crippen LogP contribution in [0.3, 0.4) is 0 Å². The van der Waals surface area contributed by atoms with Crippen molar-refractivity contribution in [2.45, 2.75) is 12.3 Å². The summed E-state index contributed by atoms with van der Waals surface area (Å²) >= 11 is 0. The topological polar surface area (TPSA) is 68.3 Å². The Kier molecular flexibility index (Phi) is 3.92. The van der Waals surface area contributed by atoms with Crippen molar-refractivity contribution in [1.29, 1.82) is 0 Å². The van der Waals surface area contributed by atoms with Crippen LogP contribution < -0.4 is 0 Å². The van der Waals surface area contributed by atoms with E-state index >= 15 is 0 Å². The summed E-state index contributed by atoms with van der Waals surface area (Å²) in [6.45, 7) is 0. The number of hydrogen-bond donors (Lipinski definition) is 0. The maximum Gasteiger partial charge on any atom is 0.190 e. The van der Waals surface area contributed by atoms with Gasteiger partial charge in [-0.1, -0.05) is 97.1 Å². The SMILES string of the molecule is O=C1C2=C3C(=C4c5ccccc5C(=O)C4C4(C(=O)c5ccccc5C4=O)C2c2ccccc21)Cc1ccccc13. The highest BCUT2D eigenvalue weighted by Crippen LogP contribution is 2.67. The molecule has 0 bridgehead atoms. The van der Waals surface area contributed by atoms with Crippen molar-refractivity contribution in [1.82, 2.24) is 0 Å². The second kappa shape index (κ2) is 7.16. The van der Waals surface area contributed by atoms with Crippen molar-refractivity contribution in [3.8, 4) is 0 Å². The number of allylic oxidation sites excluding steroid dienone is 4. The van der Waals surface area contributed by atoms with Crippen LogP contribution in [0.1, 0.15) is 69.6 Å². The van der Waals surface area contributed by atoms with E-state index in [0.717, 1.165) is 33.4 Å². The van der Waals surface area contributed by atoms with E-state index in [2.05, 4.69) is 6.07 Å². The van der Waals surface area contributed by atoms with Crippen LogP contribution in [0.2, 0.25) is 0 Å². The molecule has 4 nitrogen and oxygen atoms in total. The van der Waals surface area contributed by atoms with Gasteiger partial charge in [0.15, 0.2) is 23.1 Å². The molecule has 0 fully saturated rings. The van der Waals surface area contributed by atoms with E-state index in [9.17, 15) is 19.2 Å². The van der Waals surface area contributed by atoms with Crippen LogP contribution in [0.15, 0.2) is 108 Å². The van der Waals surface area contributed by atoms with Gasteiger partial charge in [0.05, 0.1) is 5.92 Å². The quantitative estimate of drug-likeness (QED) is 0.257. The van der Waals surface area contributed by atoms with E-state index in [1.54, 1.807) is 36.4 Å². The van der Waals surface area contributed by atoms with Crippen LogP contribution in [0.4, 0.5) is 0 Å². The number of hydrogen-bond acceptors (Lipinski definition) is 4. The molecule has 0 N–H and O–H groups in total. The molecule has 0 aliphatic heterocycles. The van der Waals surface area contributed by atoms with Gasteiger partial charge < -0.3 is 0 Å². The molecular weight excluding hydrogens is 496 g/mol. The molecule has 0 radical (unpaired) electrons. The van der Waals surface area contributed by atoms with Gasteiger partial charge in [-0.15, -0.1) is 0 Å². The third-order valence-corrected chi connectivity index (χ3v) is 9.71. The molecular formula is C36H20O4. The zero-order chi connectivity index (χ0) is 26.9. The van der Waals surface area contributed by atoms with E-state index < -0.39 is 17.3 Å². The molecule has 2 unspecified atom stereocenters. The third kappa shape index (κ3) is 2.24. The summed E-state index contributed by atoms with van der Waals surface area (Å²) in [6, 6.07) is 29.6. The van der Waals surface area contributed by atoms with Crippen molar-refractivity contribution < 1.29 is 19.2 Å². The second-order valence-electron chi connectivity index (χ2n) is 11.3. The Bertz CT molecular complexity index is 1980. The summed E-state index contributed by atoms with van der Waals surface area (Å²) in [5.74, 6) is -3.02. The highest BCUT2D eigenvalue weighted by Gasteiger charge is 2.70. The van der Waals surface area contributed by atoms with Crippen LogP contribution in [0.5, 0.6) is 0 Å². The normalized spacial score (nSPS) is 22.6. The van der Waals surface area contributed by atoms with E-state index in [1.807, 2.05) is 54.6 Å². The molecule has 9 rings (SSSR count). The predicted molar refractivity (Wildman–Crippen MR) is 149 cm³/mol. The lowest BCUT2D eigenvalue weighted by Gasteiger charge is -2.37. The van der Waals surface area contributed by atoms with E-state index in [0.29, 0.717) is 39.8 Å². The Labute approximate surface area is 229 Å². The minimum Gasteiger partial charge on any atom is -0.293 e. The average molecular weight is 517 g/mol. The van der Waals surface area contributed by atoms with Crippen molar-refractivity contribution in [2.24, 2.45) is 11.3 Å². The molecule has 0 aromatic heterocycles. The van der Waals surface area contributed by atoms with E-state index in [-0.39, 0.29) is 23.1 Å². The summed E-state index contributed by atoms with van der Waals surface area (Å²) in [5, 5.41) is 0. The van der Waals surface area contributed by atoms with Crippen LogP contribution >= 0.6 is 0 Å². The van der Waals surface area contributed by atoms with Gasteiger partial charge in [-0.05, 0) is 45.4 Å². The first-order valence-electron chi connectivity index (χ1n) is 13.6. The number of ketones is 4. The maximum atomic E-state index is 14.9. The molecule has 0 saturated carbocycles. The molecule has 4 aromatic carbocycles. The van der Waals surface area contributed by atoms with Gasteiger partial charge in [0.25, 0.3) is 0 Å². The van der Waals surface area contributed by atoms with E-state index in [4.69, 9.17) is 0 Å². The Morgan fingerprint density at radius 1 is 0.525 bits per heavy atom. The van der Waals surface area contributed by atoms with Gasteiger partial charge in [-0.3, -0.25) is 19.2 Å². The van der Waals surface area contributed by atoms with Crippen molar-refractivity contribution >= 4 is 34.3 Å². The minimum atomic E-state index is -1.79. The van der Waals surface area contributed by atoms with Crippen LogP contribution in [0.25, 0.3) is 11.1 Å². The fourth-order valence-electron chi connectivity index (χ4n) is 8.28. The van der Waals surface area contributed by atoms with Crippen LogP contribution in [-0.4, -0.2) is 23.1 Å². The maximum absolute atomic E-state index is 14.9. The molecule has 5 aliphatic carbocycles. The number of Topliss-reactive ketones (excluding diaryl/α,β-unsaturated/α-hetero) is 4. The van der Waals surface area contributed by atoms with Gasteiger partial charge >= 0.3 is 0 Å². The first-order valence-corrected chi connectivity index (χ1v) is 13.6. The summed E-state index contributed by atoms with van der Waals surface area (Å²) in [4.78, 5) is 58.8. The zero-order valence-electron chi connectivity index (χ0n) is 21.2. The Morgan fingerprint density at radius 2 is 1.07 bits per heavy atom. The lowest BCUT2D eigenvalue weighted by atomic mass is 9.58. The van der Waals surface area contributed by atoms with Gasteiger partial charge in [0.2, 0.25) is 0 Å². The number of rotatable bonds is 0. The number of benzene rings is 4. The van der Waals surface area contributed by atoms with Crippen molar-refractivity contribution in [3.05, 3.63) is 153 Å². The minimum absolute atomic E-state index is 0.165. The lowest BCUT2D eigenvalue weighted by Crippen LogP contribution is -2.48. The van der Waals surface area contributed by atoms with Gasteiger partial charge in [-0.2, -0.15) is 0 Å². The fraction of sp³-hybridized carbons (Fsp3) is 0.111. The second-order valence-corrected chi connectivity index (χ2v) is 11.3. The Morgan fingerprint density at radius 3 is 1.77 bits per heavy atom. The summed E-state index contributed by atoms with van der Waals surface area (Å²) in [5.41, 5.74) is 6.21. The highest BCUT2D eigenvalue weighted by molar-refractivity contribution is 6.37. The zero-order valence-corrected chi connectivity index (χ0v) is 21.2. The highest BCUT2D eigenvalue weighted by atomic mass is 16.2. The molecule has 5 aliphatic rings. The molecule has 4 aromatic rings. The number of carbonyl (C=O) groups is 4. The Balaban J connectivity index is 1.51. The predicted octanol–water partition coefficient (Wildman–Crippen LogP) is 6.32. The van der Waals surface area contributed by atoms with Crippen molar-refractivity contribution in [3.63, 3.8) is 0 Å². The first kappa shape index (κ1) is 21.9. The van der Waals surface area contributed by atoms with Crippen LogP contribution in [-0.2, 0) is 6.42 Å². The average Bonchev–Trinajstić information content (AvgIpc) is 3.64. The largest absolute Gasteiger partial charge is 0.293 e. The number of carbonyl (C=O) groups excluding carboxylic acids is 4. The lowest BCUT2D eigenvalue weighted by molar-refractivity contribution is 0.0558. The first-order chi connectivity index (χ1) is 19.5. The molecule has 2 atom stereocenters. The standard InChI is InChI=1S/C36H20O4/c37-32-23-14-6-4-12-21(23)30-29(32)27-19-10-2-1-9-18(19)17-26(27)28-20-11-3-5-13-22(20)33(38)31(28)36(30)34(39)24-15-7-8-16-25(24)35(36)40/h1-16,30-31H,17H2. The third-order valence-electron chi connectivity index (χ3n) is 9.71. The molecule has 1 spiro atoms. The van der Waals surface area contributed by atoms with Gasteiger partial charge in [0.1, 0.15) is 5.41 Å². The molecule has 0 amide bonds. The van der Waals surface area contributed by atoms with Gasteiger partial charge in [0, 0.05) is 33.7 Å². The van der Waals surface area contributed by atoms with E-state index in [1.165, 1.54) is 0 Å². The molecule has 188 valence electrons. The van der Waals surface area contributed by atoms with Crippen LogP contribution in [0, 0.1) is 11.3 Å².